The van der Waals surface area contributed by atoms with Crippen LogP contribution in [0.1, 0.15) is 50.5 Å². The van der Waals surface area contributed by atoms with Crippen molar-refractivity contribution in [2.45, 2.75) is 57.9 Å². The second-order valence-electron chi connectivity index (χ2n) is 7.37. The van der Waals surface area contributed by atoms with Gasteiger partial charge in [0, 0.05) is 36.8 Å². The Kier molecular flexibility index (Phi) is 5.74. The Morgan fingerprint density at radius 2 is 2.08 bits per heavy atom. The van der Waals surface area contributed by atoms with Crippen molar-refractivity contribution in [2.75, 3.05) is 30.4 Å². The molecule has 1 unspecified atom stereocenters. The Hall–Kier alpha value is -1.88. The molecule has 1 atom stereocenters. The average molecular weight is 343 g/mol. The molecule has 2 aliphatic rings. The average Bonchev–Trinajstić information content (AvgIpc) is 3.00. The molecule has 2 saturated heterocycles. The number of carbonyl (C=O) groups is 2. The molecule has 2 amide bonds. The molecule has 2 aliphatic heterocycles. The van der Waals surface area contributed by atoms with Crippen LogP contribution in [-0.4, -0.2) is 42.9 Å². The molecule has 1 aromatic rings. The van der Waals surface area contributed by atoms with Gasteiger partial charge < -0.3 is 15.1 Å². The number of aryl methyl sites for hydroxylation is 1. The van der Waals surface area contributed by atoms with Crippen molar-refractivity contribution in [1.29, 1.82) is 0 Å². The fourth-order valence-electron chi connectivity index (χ4n) is 3.97. The highest BCUT2D eigenvalue weighted by molar-refractivity contribution is 5.97. The zero-order valence-corrected chi connectivity index (χ0v) is 15.4. The van der Waals surface area contributed by atoms with Gasteiger partial charge in [-0.3, -0.25) is 9.59 Å². The summed E-state index contributed by atoms with van der Waals surface area (Å²) >= 11 is 0. The van der Waals surface area contributed by atoms with Crippen LogP contribution in [0.2, 0.25) is 0 Å². The SMILES string of the molecule is Cc1cc(NC(=O)CCC2CCCCN2C)ccc1N1CCCC1=O. The van der Waals surface area contributed by atoms with Crippen molar-refractivity contribution < 1.29 is 9.59 Å². The lowest BCUT2D eigenvalue weighted by molar-refractivity contribution is -0.117. The van der Waals surface area contributed by atoms with E-state index in [1.807, 2.05) is 30.0 Å². The number of nitrogens with one attached hydrogen (secondary N) is 1. The van der Waals surface area contributed by atoms with E-state index in [0.29, 0.717) is 18.9 Å². The van der Waals surface area contributed by atoms with Gasteiger partial charge >= 0.3 is 0 Å². The molecule has 2 heterocycles. The van der Waals surface area contributed by atoms with Crippen LogP contribution in [0.15, 0.2) is 18.2 Å². The molecule has 1 N–H and O–H groups in total. The van der Waals surface area contributed by atoms with Gasteiger partial charge in [0.15, 0.2) is 0 Å². The minimum absolute atomic E-state index is 0.0726. The first-order valence-electron chi connectivity index (χ1n) is 9.45. The third kappa shape index (κ3) is 4.40. The van der Waals surface area contributed by atoms with Crippen molar-refractivity contribution in [2.24, 2.45) is 0 Å². The van der Waals surface area contributed by atoms with Crippen LogP contribution < -0.4 is 10.2 Å². The monoisotopic (exact) mass is 343 g/mol. The number of hydrogen-bond donors (Lipinski definition) is 1. The number of carbonyl (C=O) groups excluding carboxylic acids is 2. The van der Waals surface area contributed by atoms with Gasteiger partial charge in [-0.1, -0.05) is 6.42 Å². The van der Waals surface area contributed by atoms with Gasteiger partial charge in [0.1, 0.15) is 0 Å². The summed E-state index contributed by atoms with van der Waals surface area (Å²) in [5.41, 5.74) is 2.80. The maximum atomic E-state index is 12.3. The Morgan fingerprint density at radius 1 is 1.24 bits per heavy atom. The first-order valence-corrected chi connectivity index (χ1v) is 9.45. The summed E-state index contributed by atoms with van der Waals surface area (Å²) in [5.74, 6) is 0.264. The lowest BCUT2D eigenvalue weighted by atomic mass is 9.98. The summed E-state index contributed by atoms with van der Waals surface area (Å²) in [6.45, 7) is 3.93. The number of nitrogens with zero attached hydrogens (tertiary/aromatic N) is 2. The van der Waals surface area contributed by atoms with Gasteiger partial charge in [-0.15, -0.1) is 0 Å². The van der Waals surface area contributed by atoms with Crippen molar-refractivity contribution in [3.8, 4) is 0 Å². The highest BCUT2D eigenvalue weighted by Gasteiger charge is 2.23. The minimum atomic E-state index is 0.0726. The van der Waals surface area contributed by atoms with Crippen LogP contribution in [0.3, 0.4) is 0 Å². The third-order valence-corrected chi connectivity index (χ3v) is 5.47. The predicted molar refractivity (Wildman–Crippen MR) is 101 cm³/mol. The van der Waals surface area contributed by atoms with Gasteiger partial charge in [0.05, 0.1) is 0 Å². The molecule has 0 aromatic heterocycles. The van der Waals surface area contributed by atoms with Crippen molar-refractivity contribution in [3.05, 3.63) is 23.8 Å². The van der Waals surface area contributed by atoms with Crippen LogP contribution in [0, 0.1) is 6.92 Å². The van der Waals surface area contributed by atoms with Crippen LogP contribution in [0.25, 0.3) is 0 Å². The Balaban J connectivity index is 1.54. The molecular weight excluding hydrogens is 314 g/mol. The number of likely N-dealkylation sites (tertiary alicyclic amines) is 1. The predicted octanol–water partition coefficient (Wildman–Crippen LogP) is 3.32. The number of amides is 2. The molecule has 1 aromatic carbocycles. The molecular formula is C20H29N3O2. The summed E-state index contributed by atoms with van der Waals surface area (Å²) < 4.78 is 0. The molecule has 2 fully saturated rings. The molecule has 136 valence electrons. The van der Waals surface area contributed by atoms with Crippen LogP contribution in [0.5, 0.6) is 0 Å². The van der Waals surface area contributed by atoms with Gasteiger partial charge in [-0.05, 0) is 70.0 Å². The van der Waals surface area contributed by atoms with E-state index in [4.69, 9.17) is 0 Å². The number of benzene rings is 1. The standard InChI is InChI=1S/C20H29N3O2/c1-15-14-16(8-10-18(15)23-13-5-7-20(23)25)21-19(24)11-9-17-6-3-4-12-22(17)2/h8,10,14,17H,3-7,9,11-13H2,1-2H3,(H,21,24). The highest BCUT2D eigenvalue weighted by Crippen LogP contribution is 2.27. The highest BCUT2D eigenvalue weighted by atomic mass is 16.2. The molecule has 0 bridgehead atoms. The van der Waals surface area contributed by atoms with E-state index >= 15 is 0 Å². The Bertz CT molecular complexity index is 644. The molecule has 25 heavy (non-hydrogen) atoms. The van der Waals surface area contributed by atoms with E-state index in [1.165, 1.54) is 19.3 Å². The number of rotatable bonds is 5. The zero-order valence-electron chi connectivity index (χ0n) is 15.4. The molecule has 0 aliphatic carbocycles. The molecule has 0 spiro atoms. The van der Waals surface area contributed by atoms with Gasteiger partial charge in [0.25, 0.3) is 0 Å². The lowest BCUT2D eigenvalue weighted by Crippen LogP contribution is -2.36. The summed E-state index contributed by atoms with van der Waals surface area (Å²) in [6.07, 6.45) is 6.76. The maximum Gasteiger partial charge on any atom is 0.227 e. The summed E-state index contributed by atoms with van der Waals surface area (Å²) in [5, 5.41) is 3.01. The van der Waals surface area contributed by atoms with E-state index in [2.05, 4.69) is 17.3 Å². The van der Waals surface area contributed by atoms with Crippen molar-refractivity contribution in [3.63, 3.8) is 0 Å². The zero-order chi connectivity index (χ0) is 17.8. The Labute approximate surface area is 150 Å². The first-order chi connectivity index (χ1) is 12.0. The van der Waals surface area contributed by atoms with Crippen molar-refractivity contribution >= 4 is 23.2 Å². The summed E-state index contributed by atoms with van der Waals surface area (Å²) in [6, 6.07) is 6.34. The summed E-state index contributed by atoms with van der Waals surface area (Å²) in [4.78, 5) is 28.4. The second-order valence-corrected chi connectivity index (χ2v) is 7.37. The molecule has 5 nitrogen and oxygen atoms in total. The van der Waals surface area contributed by atoms with E-state index in [1.54, 1.807) is 0 Å². The maximum absolute atomic E-state index is 12.3. The van der Waals surface area contributed by atoms with Crippen molar-refractivity contribution in [1.82, 2.24) is 4.90 Å². The molecule has 3 rings (SSSR count). The molecule has 0 radical (unpaired) electrons. The van der Waals surface area contributed by atoms with Crippen LogP contribution in [-0.2, 0) is 9.59 Å². The fraction of sp³-hybridized carbons (Fsp3) is 0.600. The topological polar surface area (TPSA) is 52.7 Å². The fourth-order valence-corrected chi connectivity index (χ4v) is 3.97. The molecule has 0 saturated carbocycles. The normalized spacial score (nSPS) is 21.6. The van der Waals surface area contributed by atoms with Crippen LogP contribution >= 0.6 is 0 Å². The number of anilines is 2. The third-order valence-electron chi connectivity index (χ3n) is 5.47. The second kappa shape index (κ2) is 8.00. The van der Waals surface area contributed by atoms with E-state index in [9.17, 15) is 9.59 Å². The lowest BCUT2D eigenvalue weighted by Gasteiger charge is -2.32. The van der Waals surface area contributed by atoms with E-state index in [-0.39, 0.29) is 11.8 Å². The Morgan fingerprint density at radius 3 is 2.76 bits per heavy atom. The van der Waals surface area contributed by atoms with Gasteiger partial charge in [-0.2, -0.15) is 0 Å². The van der Waals surface area contributed by atoms with Gasteiger partial charge in [0.2, 0.25) is 11.8 Å². The summed E-state index contributed by atoms with van der Waals surface area (Å²) in [7, 11) is 2.16. The smallest absolute Gasteiger partial charge is 0.227 e. The number of hydrogen-bond acceptors (Lipinski definition) is 3. The number of piperidine rings is 1. The molecule has 5 heteroatoms. The van der Waals surface area contributed by atoms with Crippen LogP contribution in [0.4, 0.5) is 11.4 Å². The minimum Gasteiger partial charge on any atom is -0.326 e. The van der Waals surface area contributed by atoms with E-state index in [0.717, 1.165) is 42.9 Å². The largest absolute Gasteiger partial charge is 0.326 e. The van der Waals surface area contributed by atoms with Gasteiger partial charge in [-0.25, -0.2) is 0 Å². The van der Waals surface area contributed by atoms with E-state index < -0.39 is 0 Å². The first kappa shape index (κ1) is 17.9. The quantitative estimate of drug-likeness (QED) is 0.892.